The van der Waals surface area contributed by atoms with E-state index in [4.69, 9.17) is 4.74 Å². The van der Waals surface area contributed by atoms with E-state index in [1.54, 1.807) is 11.8 Å². The molecule has 2 fully saturated rings. The summed E-state index contributed by atoms with van der Waals surface area (Å²) in [6.45, 7) is 8.00. The molecule has 1 saturated carbocycles. The lowest BCUT2D eigenvalue weighted by Crippen LogP contribution is -2.50. The summed E-state index contributed by atoms with van der Waals surface area (Å²) in [6.07, 6.45) is 2.31. The number of thioether (sulfide) groups is 1. The van der Waals surface area contributed by atoms with Crippen molar-refractivity contribution >= 4 is 23.8 Å². The van der Waals surface area contributed by atoms with Crippen molar-refractivity contribution in [2.24, 2.45) is 0 Å². The van der Waals surface area contributed by atoms with Crippen LogP contribution in [0.1, 0.15) is 52.5 Å². The van der Waals surface area contributed by atoms with Crippen molar-refractivity contribution in [3.63, 3.8) is 0 Å². The van der Waals surface area contributed by atoms with E-state index in [9.17, 15) is 14.9 Å². The highest BCUT2D eigenvalue weighted by molar-refractivity contribution is 8.00. The van der Waals surface area contributed by atoms with Crippen LogP contribution in [0.15, 0.2) is 29.2 Å². The van der Waals surface area contributed by atoms with E-state index >= 15 is 0 Å². The number of amides is 2. The van der Waals surface area contributed by atoms with Crippen molar-refractivity contribution in [2.45, 2.75) is 80.7 Å². The number of nitriles is 1. The first-order valence-electron chi connectivity index (χ1n) is 10.1. The molecule has 156 valence electrons. The quantitative estimate of drug-likeness (QED) is 0.789. The monoisotopic (exact) mass is 415 g/mol. The van der Waals surface area contributed by atoms with Crippen LogP contribution >= 0.6 is 11.8 Å². The lowest BCUT2D eigenvalue weighted by atomic mass is 10.1. The number of hydrogen-bond acceptors (Lipinski definition) is 5. The second-order valence-electron chi connectivity index (χ2n) is 8.77. The first kappa shape index (κ1) is 21.5. The maximum absolute atomic E-state index is 12.9. The number of aryl methyl sites for hydroxylation is 1. The van der Waals surface area contributed by atoms with E-state index in [1.165, 1.54) is 15.4 Å². The Labute approximate surface area is 177 Å². The van der Waals surface area contributed by atoms with E-state index in [-0.39, 0.29) is 11.2 Å². The Morgan fingerprint density at radius 1 is 1.34 bits per heavy atom. The van der Waals surface area contributed by atoms with E-state index in [1.807, 2.05) is 32.9 Å². The number of nitrogens with one attached hydrogen (secondary N) is 1. The van der Waals surface area contributed by atoms with Crippen molar-refractivity contribution in [2.75, 3.05) is 6.54 Å². The van der Waals surface area contributed by atoms with Gasteiger partial charge >= 0.3 is 6.09 Å². The Kier molecular flexibility index (Phi) is 6.13. The average molecular weight is 416 g/mol. The highest BCUT2D eigenvalue weighted by Gasteiger charge is 2.49. The zero-order valence-corrected chi connectivity index (χ0v) is 18.3. The molecule has 1 aromatic rings. The third kappa shape index (κ3) is 5.24. The number of rotatable bonds is 5. The third-order valence-electron chi connectivity index (χ3n) is 5.17. The van der Waals surface area contributed by atoms with Gasteiger partial charge in [-0.05, 0) is 58.1 Å². The molecular formula is C22H29N3O3S. The highest BCUT2D eigenvalue weighted by atomic mass is 32.2. The molecule has 6 nitrogen and oxygen atoms in total. The molecular weight excluding hydrogens is 386 g/mol. The molecule has 0 unspecified atom stereocenters. The largest absolute Gasteiger partial charge is 0.444 e. The number of benzene rings is 1. The summed E-state index contributed by atoms with van der Waals surface area (Å²) in [5, 5.41) is 12.2. The fraction of sp³-hybridized carbons (Fsp3) is 0.591. The van der Waals surface area contributed by atoms with Gasteiger partial charge in [0.15, 0.2) is 0 Å². The molecule has 2 aliphatic rings. The molecule has 1 saturated heterocycles. The van der Waals surface area contributed by atoms with Crippen LogP contribution in [0, 0.1) is 11.3 Å². The summed E-state index contributed by atoms with van der Waals surface area (Å²) in [5.41, 5.74) is -0.130. The van der Waals surface area contributed by atoms with E-state index < -0.39 is 23.3 Å². The van der Waals surface area contributed by atoms with Crippen LogP contribution in [0.25, 0.3) is 0 Å². The lowest BCUT2D eigenvalue weighted by molar-refractivity contribution is -0.126. The van der Waals surface area contributed by atoms with Crippen LogP contribution in [0.2, 0.25) is 0 Å². The van der Waals surface area contributed by atoms with Gasteiger partial charge in [0.2, 0.25) is 5.91 Å². The number of likely N-dealkylation sites (tertiary alicyclic amines) is 1. The third-order valence-corrected chi connectivity index (χ3v) is 6.49. The first-order chi connectivity index (χ1) is 13.7. The Morgan fingerprint density at radius 2 is 2.03 bits per heavy atom. The summed E-state index contributed by atoms with van der Waals surface area (Å²) < 4.78 is 5.55. The molecule has 29 heavy (non-hydrogen) atoms. The number of hydrogen-bond donors (Lipinski definition) is 1. The number of carbonyl (C=O) groups is 2. The van der Waals surface area contributed by atoms with Gasteiger partial charge in [0, 0.05) is 16.7 Å². The van der Waals surface area contributed by atoms with Crippen LogP contribution in [-0.2, 0) is 16.0 Å². The number of carbonyl (C=O) groups excluding carboxylic acids is 2. The predicted octanol–water partition coefficient (Wildman–Crippen LogP) is 3.89. The minimum atomic E-state index is -0.753. The van der Waals surface area contributed by atoms with Gasteiger partial charge in [-0.1, -0.05) is 25.1 Å². The molecule has 1 N–H and O–H groups in total. The van der Waals surface area contributed by atoms with Crippen LogP contribution in [0.4, 0.5) is 4.79 Å². The van der Waals surface area contributed by atoms with E-state index in [0.29, 0.717) is 25.8 Å². The summed E-state index contributed by atoms with van der Waals surface area (Å²) in [4.78, 5) is 28.4. The van der Waals surface area contributed by atoms with Gasteiger partial charge in [0.25, 0.3) is 0 Å². The van der Waals surface area contributed by atoms with Crippen LogP contribution in [0.5, 0.6) is 0 Å². The van der Waals surface area contributed by atoms with Gasteiger partial charge in [-0.15, -0.1) is 11.8 Å². The summed E-state index contributed by atoms with van der Waals surface area (Å²) in [6, 6.07) is 9.79. The van der Waals surface area contributed by atoms with Crippen molar-refractivity contribution in [3.05, 3.63) is 29.8 Å². The van der Waals surface area contributed by atoms with Gasteiger partial charge in [-0.3, -0.25) is 9.69 Å². The Hall–Kier alpha value is -2.20. The molecule has 1 aromatic carbocycles. The van der Waals surface area contributed by atoms with Gasteiger partial charge in [0.1, 0.15) is 17.2 Å². The molecule has 0 aromatic heterocycles. The minimum Gasteiger partial charge on any atom is -0.444 e. The molecule has 0 spiro atoms. The minimum absolute atomic E-state index is 0.0863. The zero-order chi connectivity index (χ0) is 21.2. The standard InChI is InChI=1S/C22H29N3O3S/c1-5-15-8-6-7-9-18(15)29-16-12-17(19(26)24-22(14-23)10-11-22)25(13-16)20(27)28-21(2,3)4/h6-9,16-17H,5,10-13H2,1-4H3,(H,24,26)/t16-,17+/m1/s1. The normalized spacial score (nSPS) is 22.7. The Balaban J connectivity index is 1.77. The molecule has 2 atom stereocenters. The Morgan fingerprint density at radius 3 is 2.62 bits per heavy atom. The molecule has 0 radical (unpaired) electrons. The second-order valence-corrected chi connectivity index (χ2v) is 10.1. The molecule has 2 amide bonds. The van der Waals surface area contributed by atoms with Crippen LogP contribution in [-0.4, -0.2) is 45.9 Å². The molecule has 1 aliphatic heterocycles. The van der Waals surface area contributed by atoms with Crippen molar-refractivity contribution in [1.82, 2.24) is 10.2 Å². The Bertz CT molecular complexity index is 823. The average Bonchev–Trinajstić information content (AvgIpc) is 3.30. The van der Waals surface area contributed by atoms with Gasteiger partial charge in [-0.2, -0.15) is 5.26 Å². The first-order valence-corrected chi connectivity index (χ1v) is 11.0. The molecule has 1 aliphatic carbocycles. The zero-order valence-electron chi connectivity index (χ0n) is 17.5. The molecule has 0 bridgehead atoms. The van der Waals surface area contributed by atoms with Crippen molar-refractivity contribution in [3.8, 4) is 6.07 Å². The highest BCUT2D eigenvalue weighted by Crippen LogP contribution is 2.38. The fourth-order valence-electron chi connectivity index (χ4n) is 3.45. The number of ether oxygens (including phenoxy) is 1. The SMILES string of the molecule is CCc1ccccc1S[C@@H]1C[C@@H](C(=O)NC2(C#N)CC2)N(C(=O)OC(C)(C)C)C1. The maximum Gasteiger partial charge on any atom is 0.411 e. The predicted molar refractivity (Wildman–Crippen MR) is 113 cm³/mol. The van der Waals surface area contributed by atoms with Crippen molar-refractivity contribution in [1.29, 1.82) is 5.26 Å². The fourth-order valence-corrected chi connectivity index (χ4v) is 4.85. The second kappa shape index (κ2) is 8.27. The molecule has 3 rings (SSSR count). The molecule has 7 heteroatoms. The van der Waals surface area contributed by atoms with Gasteiger partial charge in [-0.25, -0.2) is 4.79 Å². The number of nitrogens with zero attached hydrogens (tertiary/aromatic N) is 2. The van der Waals surface area contributed by atoms with Crippen molar-refractivity contribution < 1.29 is 14.3 Å². The summed E-state index contributed by atoms with van der Waals surface area (Å²) >= 11 is 1.71. The van der Waals surface area contributed by atoms with E-state index in [2.05, 4.69) is 30.4 Å². The maximum atomic E-state index is 12.9. The summed E-state index contributed by atoms with van der Waals surface area (Å²) in [5.74, 6) is -0.262. The van der Waals surface area contributed by atoms with Gasteiger partial charge in [0.05, 0.1) is 6.07 Å². The van der Waals surface area contributed by atoms with Crippen LogP contribution < -0.4 is 5.32 Å². The van der Waals surface area contributed by atoms with Crippen LogP contribution in [0.3, 0.4) is 0 Å². The smallest absolute Gasteiger partial charge is 0.411 e. The molecule has 1 heterocycles. The lowest BCUT2D eigenvalue weighted by Gasteiger charge is -2.28. The summed E-state index contributed by atoms with van der Waals surface area (Å²) in [7, 11) is 0. The van der Waals surface area contributed by atoms with Gasteiger partial charge < -0.3 is 10.1 Å². The van der Waals surface area contributed by atoms with E-state index in [0.717, 1.165) is 6.42 Å². The topological polar surface area (TPSA) is 82.4 Å².